The molecule has 2 rings (SSSR count). The van der Waals surface area contributed by atoms with Crippen molar-refractivity contribution in [2.75, 3.05) is 21.3 Å². The Labute approximate surface area is 142 Å². The van der Waals surface area contributed by atoms with E-state index >= 15 is 0 Å². The second-order valence-corrected chi connectivity index (χ2v) is 5.27. The van der Waals surface area contributed by atoms with Crippen LogP contribution >= 0.6 is 0 Å². The van der Waals surface area contributed by atoms with Gasteiger partial charge >= 0.3 is 0 Å². The molecule has 1 N–H and O–H groups in total. The number of methoxy groups -OCH3 is 3. The van der Waals surface area contributed by atoms with E-state index in [1.54, 1.807) is 39.5 Å². The smallest absolute Gasteiger partial charge is 0.255 e. The predicted molar refractivity (Wildman–Crippen MR) is 93.0 cm³/mol. The van der Waals surface area contributed by atoms with E-state index in [0.29, 0.717) is 17.1 Å². The maximum atomic E-state index is 12.7. The van der Waals surface area contributed by atoms with Crippen LogP contribution in [0.5, 0.6) is 17.2 Å². The Morgan fingerprint density at radius 2 is 1.58 bits per heavy atom. The molecule has 0 aromatic heterocycles. The number of carbonyl (C=O) groups is 1. The number of carbonyl (C=O) groups excluding carboxylic acids is 1. The summed E-state index contributed by atoms with van der Waals surface area (Å²) in [4.78, 5) is 12.7. The van der Waals surface area contributed by atoms with Crippen LogP contribution in [0.25, 0.3) is 0 Å². The summed E-state index contributed by atoms with van der Waals surface area (Å²) < 4.78 is 15.7. The number of benzene rings is 2. The zero-order valence-corrected chi connectivity index (χ0v) is 14.5. The van der Waals surface area contributed by atoms with Gasteiger partial charge in [0.25, 0.3) is 5.91 Å². The van der Waals surface area contributed by atoms with E-state index < -0.39 is 0 Å². The lowest BCUT2D eigenvalue weighted by Gasteiger charge is -2.19. The quantitative estimate of drug-likeness (QED) is 0.843. The summed E-state index contributed by atoms with van der Waals surface area (Å²) in [7, 11) is 4.73. The zero-order chi connectivity index (χ0) is 17.5. The normalized spacial score (nSPS) is 11.5. The molecule has 0 aliphatic rings. The fourth-order valence-corrected chi connectivity index (χ4v) is 2.48. The number of rotatable bonds is 7. The summed E-state index contributed by atoms with van der Waals surface area (Å²) >= 11 is 0. The predicted octanol–water partition coefficient (Wildman–Crippen LogP) is 3.59. The summed E-state index contributed by atoms with van der Waals surface area (Å²) in [6.45, 7) is 2.03. The van der Waals surface area contributed by atoms with Gasteiger partial charge < -0.3 is 19.5 Å². The lowest BCUT2D eigenvalue weighted by atomic mass is 10.0. The number of nitrogens with one attached hydrogen (secondary N) is 1. The summed E-state index contributed by atoms with van der Waals surface area (Å²) in [5.41, 5.74) is 1.47. The molecule has 1 unspecified atom stereocenters. The molecule has 2 aromatic carbocycles. The van der Waals surface area contributed by atoms with E-state index in [4.69, 9.17) is 14.2 Å². The van der Waals surface area contributed by atoms with Crippen molar-refractivity contribution < 1.29 is 19.0 Å². The van der Waals surface area contributed by atoms with Gasteiger partial charge in [0, 0.05) is 0 Å². The number of ether oxygens (including phenoxy) is 3. The van der Waals surface area contributed by atoms with Crippen LogP contribution in [0.4, 0.5) is 0 Å². The number of hydrogen-bond donors (Lipinski definition) is 1. The van der Waals surface area contributed by atoms with Gasteiger partial charge in [-0.1, -0.05) is 19.1 Å². The Balaban J connectivity index is 2.22. The third-order valence-corrected chi connectivity index (χ3v) is 3.88. The summed E-state index contributed by atoms with van der Waals surface area (Å²) in [6.07, 6.45) is 0.768. The minimum Gasteiger partial charge on any atom is -0.497 e. The summed E-state index contributed by atoms with van der Waals surface area (Å²) in [5.74, 6) is 1.71. The van der Waals surface area contributed by atoms with Crippen LogP contribution in [-0.2, 0) is 0 Å². The maximum Gasteiger partial charge on any atom is 0.255 e. The molecule has 1 atom stereocenters. The van der Waals surface area contributed by atoms with Crippen molar-refractivity contribution in [3.8, 4) is 17.2 Å². The maximum absolute atomic E-state index is 12.7. The SMILES string of the molecule is CCC(NC(=O)c1cc(OC)ccc1OC)c1ccc(OC)cc1. The molecular formula is C19H23NO4. The van der Waals surface area contributed by atoms with Crippen molar-refractivity contribution in [3.05, 3.63) is 53.6 Å². The van der Waals surface area contributed by atoms with Crippen molar-refractivity contribution in [2.45, 2.75) is 19.4 Å². The van der Waals surface area contributed by atoms with Gasteiger partial charge in [-0.05, 0) is 42.3 Å². The first-order valence-electron chi connectivity index (χ1n) is 7.79. The van der Waals surface area contributed by atoms with Crippen LogP contribution in [0.1, 0.15) is 35.3 Å². The summed E-state index contributed by atoms with van der Waals surface area (Å²) in [6, 6.07) is 12.7. The second-order valence-electron chi connectivity index (χ2n) is 5.27. The molecule has 5 nitrogen and oxygen atoms in total. The lowest BCUT2D eigenvalue weighted by Crippen LogP contribution is -2.28. The van der Waals surface area contributed by atoms with Gasteiger partial charge in [-0.15, -0.1) is 0 Å². The Bertz CT molecular complexity index is 682. The van der Waals surface area contributed by atoms with Crippen molar-refractivity contribution in [2.24, 2.45) is 0 Å². The highest BCUT2D eigenvalue weighted by Gasteiger charge is 2.18. The Morgan fingerprint density at radius 3 is 2.12 bits per heavy atom. The van der Waals surface area contributed by atoms with Gasteiger partial charge in [-0.25, -0.2) is 0 Å². The average Bonchev–Trinajstić information content (AvgIpc) is 2.65. The Kier molecular flexibility index (Phi) is 6.07. The Morgan fingerprint density at radius 1 is 0.958 bits per heavy atom. The zero-order valence-electron chi connectivity index (χ0n) is 14.5. The van der Waals surface area contributed by atoms with Gasteiger partial charge in [0.05, 0.1) is 32.9 Å². The van der Waals surface area contributed by atoms with Crippen molar-refractivity contribution >= 4 is 5.91 Å². The van der Waals surface area contributed by atoms with E-state index in [1.165, 1.54) is 0 Å². The highest BCUT2D eigenvalue weighted by atomic mass is 16.5. The molecule has 5 heteroatoms. The molecule has 0 saturated heterocycles. The third-order valence-electron chi connectivity index (χ3n) is 3.88. The molecule has 1 amide bonds. The van der Waals surface area contributed by atoms with Gasteiger partial charge in [-0.2, -0.15) is 0 Å². The van der Waals surface area contributed by atoms with Crippen LogP contribution < -0.4 is 19.5 Å². The monoisotopic (exact) mass is 329 g/mol. The van der Waals surface area contributed by atoms with Crippen LogP contribution in [0.2, 0.25) is 0 Å². The molecule has 24 heavy (non-hydrogen) atoms. The first kappa shape index (κ1) is 17.7. The molecule has 0 bridgehead atoms. The number of amides is 1. The van der Waals surface area contributed by atoms with E-state index in [-0.39, 0.29) is 11.9 Å². The van der Waals surface area contributed by atoms with Crippen LogP contribution in [0.3, 0.4) is 0 Å². The largest absolute Gasteiger partial charge is 0.497 e. The molecule has 128 valence electrons. The molecule has 0 spiro atoms. The lowest BCUT2D eigenvalue weighted by molar-refractivity contribution is 0.0932. The van der Waals surface area contributed by atoms with Crippen molar-refractivity contribution in [3.63, 3.8) is 0 Å². The minimum absolute atomic E-state index is 0.0979. The molecule has 0 aliphatic heterocycles. The van der Waals surface area contributed by atoms with Crippen LogP contribution in [-0.4, -0.2) is 27.2 Å². The molecule has 0 radical (unpaired) electrons. The highest BCUT2D eigenvalue weighted by molar-refractivity contribution is 5.97. The van der Waals surface area contributed by atoms with E-state index in [0.717, 1.165) is 17.7 Å². The molecule has 0 fully saturated rings. The van der Waals surface area contributed by atoms with Crippen LogP contribution in [0.15, 0.2) is 42.5 Å². The van der Waals surface area contributed by atoms with Gasteiger partial charge in [0.2, 0.25) is 0 Å². The van der Waals surface area contributed by atoms with Crippen LogP contribution in [0, 0.1) is 0 Å². The van der Waals surface area contributed by atoms with Gasteiger partial charge in [0.1, 0.15) is 17.2 Å². The first-order valence-corrected chi connectivity index (χ1v) is 7.79. The first-order chi connectivity index (χ1) is 11.6. The van der Waals surface area contributed by atoms with Crippen molar-refractivity contribution in [1.82, 2.24) is 5.32 Å². The Hall–Kier alpha value is -2.69. The van der Waals surface area contributed by atoms with Gasteiger partial charge in [-0.3, -0.25) is 4.79 Å². The third kappa shape index (κ3) is 3.98. The molecule has 0 heterocycles. The fourth-order valence-electron chi connectivity index (χ4n) is 2.48. The van der Waals surface area contributed by atoms with Crippen molar-refractivity contribution in [1.29, 1.82) is 0 Å². The van der Waals surface area contributed by atoms with E-state index in [1.807, 2.05) is 31.2 Å². The average molecular weight is 329 g/mol. The standard InChI is InChI=1S/C19H23NO4/c1-5-17(13-6-8-14(22-2)9-7-13)20-19(21)16-12-15(23-3)10-11-18(16)24-4/h6-12,17H,5H2,1-4H3,(H,20,21). The van der Waals surface area contributed by atoms with E-state index in [9.17, 15) is 4.79 Å². The van der Waals surface area contributed by atoms with Gasteiger partial charge in [0.15, 0.2) is 0 Å². The highest BCUT2D eigenvalue weighted by Crippen LogP contribution is 2.26. The minimum atomic E-state index is -0.201. The topological polar surface area (TPSA) is 56.8 Å². The molecule has 0 saturated carbocycles. The fraction of sp³-hybridized carbons (Fsp3) is 0.316. The molecule has 2 aromatic rings. The molecule has 0 aliphatic carbocycles. The number of hydrogen-bond acceptors (Lipinski definition) is 4. The summed E-state index contributed by atoms with van der Waals surface area (Å²) in [5, 5.41) is 3.05. The molecular weight excluding hydrogens is 306 g/mol. The van der Waals surface area contributed by atoms with E-state index in [2.05, 4.69) is 5.32 Å². The second kappa shape index (κ2) is 8.24.